The van der Waals surface area contributed by atoms with E-state index in [-0.39, 0.29) is 11.5 Å². The lowest BCUT2D eigenvalue weighted by Crippen LogP contribution is -3.12. The van der Waals surface area contributed by atoms with Crippen molar-refractivity contribution in [3.8, 4) is 22.6 Å². The lowest BCUT2D eigenvalue weighted by molar-refractivity contribution is -0.933. The molecule has 0 bridgehead atoms. The molecule has 1 aliphatic heterocycles. The molecular formula is C33H30NO4+. The van der Waals surface area contributed by atoms with Crippen LogP contribution in [0.3, 0.4) is 0 Å². The third kappa shape index (κ3) is 4.57. The molecular weight excluding hydrogens is 474 g/mol. The number of fused-ring (bicyclic) bond motifs is 2. The van der Waals surface area contributed by atoms with E-state index in [2.05, 4.69) is 66.7 Å². The number of nitrogens with one attached hydrogen (secondary N) is 1. The first-order chi connectivity index (χ1) is 18.6. The van der Waals surface area contributed by atoms with Crippen LogP contribution in [0.4, 0.5) is 0 Å². The average molecular weight is 505 g/mol. The molecule has 1 aliphatic rings. The summed E-state index contributed by atoms with van der Waals surface area (Å²) in [6.45, 7) is 4.25. The van der Waals surface area contributed by atoms with Gasteiger partial charge in [0.25, 0.3) is 0 Å². The molecule has 0 amide bonds. The molecule has 6 rings (SSSR count). The highest BCUT2D eigenvalue weighted by molar-refractivity contribution is 5.96. The highest BCUT2D eigenvalue weighted by Gasteiger charge is 2.28. The molecule has 5 nitrogen and oxygen atoms in total. The van der Waals surface area contributed by atoms with E-state index in [1.807, 2.05) is 31.2 Å². The molecule has 1 atom stereocenters. The first-order valence-electron chi connectivity index (χ1n) is 12.9. The van der Waals surface area contributed by atoms with Crippen LogP contribution in [-0.4, -0.2) is 20.4 Å². The second-order valence-corrected chi connectivity index (χ2v) is 9.87. The summed E-state index contributed by atoms with van der Waals surface area (Å²) >= 11 is 0. The zero-order chi connectivity index (χ0) is 26.1. The minimum Gasteiger partial charge on any atom is -0.497 e. The van der Waals surface area contributed by atoms with Crippen LogP contribution >= 0.6 is 0 Å². The topological polar surface area (TPSA) is 53.1 Å². The number of aryl methyl sites for hydroxylation is 1. The van der Waals surface area contributed by atoms with E-state index < -0.39 is 0 Å². The van der Waals surface area contributed by atoms with Gasteiger partial charge in [0, 0.05) is 22.6 Å². The summed E-state index contributed by atoms with van der Waals surface area (Å²) in [7, 11) is 1.64. The number of methoxy groups -OCH3 is 1. The maximum Gasteiger partial charge on any atom is 0.336 e. The minimum atomic E-state index is -0.372. The molecule has 2 heterocycles. The molecule has 5 heteroatoms. The van der Waals surface area contributed by atoms with Crippen molar-refractivity contribution in [1.82, 2.24) is 0 Å². The van der Waals surface area contributed by atoms with E-state index >= 15 is 0 Å². The number of hydrogen-bond acceptors (Lipinski definition) is 4. The van der Waals surface area contributed by atoms with Gasteiger partial charge in [-0.2, -0.15) is 0 Å². The molecule has 5 aromatic rings. The van der Waals surface area contributed by atoms with Gasteiger partial charge in [0.05, 0.1) is 19.6 Å². The number of quaternary nitrogens is 1. The van der Waals surface area contributed by atoms with Gasteiger partial charge >= 0.3 is 5.63 Å². The Bertz CT molecular complexity index is 1590. The zero-order valence-corrected chi connectivity index (χ0v) is 21.6. The molecule has 0 saturated carbocycles. The van der Waals surface area contributed by atoms with Gasteiger partial charge in [0.15, 0.2) is 0 Å². The molecule has 0 radical (unpaired) electrons. The smallest absolute Gasteiger partial charge is 0.336 e. The van der Waals surface area contributed by atoms with Crippen molar-refractivity contribution in [3.63, 3.8) is 0 Å². The number of benzene rings is 4. The Morgan fingerprint density at radius 1 is 0.895 bits per heavy atom. The fourth-order valence-corrected chi connectivity index (χ4v) is 5.56. The number of rotatable bonds is 6. The molecule has 0 spiro atoms. The second-order valence-electron chi connectivity index (χ2n) is 9.87. The van der Waals surface area contributed by atoms with E-state index in [0.717, 1.165) is 52.2 Å². The lowest BCUT2D eigenvalue weighted by atomic mass is 9.90. The van der Waals surface area contributed by atoms with Crippen molar-refractivity contribution in [2.45, 2.75) is 19.4 Å². The minimum absolute atomic E-state index is 0.256. The van der Waals surface area contributed by atoms with Gasteiger partial charge in [-0.25, -0.2) is 4.79 Å². The first-order valence-corrected chi connectivity index (χ1v) is 12.9. The Kier molecular flexibility index (Phi) is 6.44. The first kappa shape index (κ1) is 24.0. The zero-order valence-electron chi connectivity index (χ0n) is 21.6. The van der Waals surface area contributed by atoms with Gasteiger partial charge in [0.2, 0.25) is 6.73 Å². The van der Waals surface area contributed by atoms with Crippen molar-refractivity contribution in [2.75, 3.05) is 20.4 Å². The van der Waals surface area contributed by atoms with Crippen LogP contribution < -0.4 is 20.0 Å². The Labute approximate surface area is 221 Å². The highest BCUT2D eigenvalue weighted by Crippen LogP contribution is 2.37. The van der Waals surface area contributed by atoms with Crippen LogP contribution in [0.25, 0.3) is 22.1 Å². The third-order valence-corrected chi connectivity index (χ3v) is 7.45. The van der Waals surface area contributed by atoms with Crippen LogP contribution in [-0.2, 0) is 6.54 Å². The Balaban J connectivity index is 1.38. The summed E-state index contributed by atoms with van der Waals surface area (Å²) in [4.78, 5) is 13.9. The molecule has 0 fully saturated rings. The third-order valence-electron chi connectivity index (χ3n) is 7.45. The lowest BCUT2D eigenvalue weighted by Gasteiger charge is -2.30. The second kappa shape index (κ2) is 10.2. The summed E-state index contributed by atoms with van der Waals surface area (Å²) in [5.74, 6) is 1.85. The molecule has 1 aromatic heterocycles. The molecule has 190 valence electrons. The van der Waals surface area contributed by atoms with E-state index in [4.69, 9.17) is 13.9 Å². The van der Waals surface area contributed by atoms with Crippen LogP contribution in [0.5, 0.6) is 11.5 Å². The van der Waals surface area contributed by atoms with Gasteiger partial charge in [-0.15, -0.1) is 0 Å². The Morgan fingerprint density at radius 3 is 2.18 bits per heavy atom. The van der Waals surface area contributed by atoms with E-state index in [0.29, 0.717) is 12.3 Å². The normalized spacial score (nSPS) is 14.8. The van der Waals surface area contributed by atoms with Gasteiger partial charge in [-0.3, -0.25) is 4.90 Å². The molecule has 1 N–H and O–H groups in total. The molecule has 38 heavy (non-hydrogen) atoms. The van der Waals surface area contributed by atoms with E-state index in [9.17, 15) is 4.79 Å². The van der Waals surface area contributed by atoms with E-state index in [1.165, 1.54) is 16.0 Å². The monoisotopic (exact) mass is 504 g/mol. The van der Waals surface area contributed by atoms with Crippen molar-refractivity contribution < 1.29 is 18.8 Å². The predicted molar refractivity (Wildman–Crippen MR) is 149 cm³/mol. The quantitative estimate of drug-likeness (QED) is 0.317. The summed E-state index contributed by atoms with van der Waals surface area (Å²) in [6, 6.07) is 32.8. The maximum absolute atomic E-state index is 12.5. The summed E-state index contributed by atoms with van der Waals surface area (Å²) in [6.07, 6.45) is 0. The van der Waals surface area contributed by atoms with Crippen molar-refractivity contribution in [2.24, 2.45) is 0 Å². The van der Waals surface area contributed by atoms with E-state index in [1.54, 1.807) is 13.2 Å². The van der Waals surface area contributed by atoms with Gasteiger partial charge in [0.1, 0.15) is 23.6 Å². The summed E-state index contributed by atoms with van der Waals surface area (Å²) in [5, 5.41) is 0.915. The van der Waals surface area contributed by atoms with Crippen LogP contribution in [0.2, 0.25) is 0 Å². The van der Waals surface area contributed by atoms with Crippen molar-refractivity contribution in [1.29, 1.82) is 0 Å². The number of ether oxygens (including phenoxy) is 2. The fraction of sp³-hybridized carbons (Fsp3) is 0.182. The highest BCUT2D eigenvalue weighted by atomic mass is 16.5. The van der Waals surface area contributed by atoms with Crippen LogP contribution in [0.1, 0.15) is 28.2 Å². The molecule has 1 unspecified atom stereocenters. The summed E-state index contributed by atoms with van der Waals surface area (Å²) < 4.78 is 17.4. The van der Waals surface area contributed by atoms with Gasteiger partial charge in [-0.05, 0) is 47.4 Å². The molecule has 0 saturated heterocycles. The summed E-state index contributed by atoms with van der Waals surface area (Å²) in [5.41, 5.74) is 6.59. The van der Waals surface area contributed by atoms with Crippen molar-refractivity contribution >= 4 is 11.0 Å². The molecule has 0 aliphatic carbocycles. The van der Waals surface area contributed by atoms with Gasteiger partial charge < -0.3 is 13.9 Å². The average Bonchev–Trinajstić information content (AvgIpc) is 2.97. The standard InChI is InChI=1S/C33H29NO4/c1-22-32-26(17-29-28(18-31(35)38-33(22)29)25-13-15-27(36-2)16-14-25)19-34(21-37-32)20-30(23-9-5-3-6-10-23)24-11-7-4-8-12-24/h3-18,30H,19-21H2,1-2H3/p+1. The van der Waals surface area contributed by atoms with Crippen LogP contribution in [0, 0.1) is 6.92 Å². The fourth-order valence-electron chi connectivity index (χ4n) is 5.56. The number of hydrogen-bond donors (Lipinski definition) is 1. The SMILES string of the molecule is COc1ccc(-c2cc(=O)oc3c(C)c4c(cc23)C[NH+](CC(c2ccccc2)c2ccccc2)CO4)cc1. The van der Waals surface area contributed by atoms with Crippen molar-refractivity contribution in [3.05, 3.63) is 130 Å². The van der Waals surface area contributed by atoms with Gasteiger partial charge in [-0.1, -0.05) is 72.8 Å². The molecule has 4 aromatic carbocycles. The Morgan fingerprint density at radius 2 is 1.55 bits per heavy atom. The largest absolute Gasteiger partial charge is 0.497 e. The van der Waals surface area contributed by atoms with Crippen LogP contribution in [0.15, 0.2) is 106 Å². The predicted octanol–water partition coefficient (Wildman–Crippen LogP) is 5.34. The maximum atomic E-state index is 12.5. The Hall–Kier alpha value is -4.35.